The standard InChI is InChI=1S/C17H15BrN2O3/c1-11-9-13(18)5-8-15(11)22-10-16-19-17(20-23-16)12-3-6-14(21-2)7-4-12/h3-9H,10H2,1-2H3. The highest BCUT2D eigenvalue weighted by molar-refractivity contribution is 9.10. The van der Waals surface area contributed by atoms with E-state index in [0.717, 1.165) is 27.1 Å². The van der Waals surface area contributed by atoms with Gasteiger partial charge in [0.25, 0.3) is 5.89 Å². The van der Waals surface area contributed by atoms with Crippen molar-refractivity contribution in [2.24, 2.45) is 0 Å². The first-order valence-corrected chi connectivity index (χ1v) is 7.81. The molecule has 1 aromatic heterocycles. The molecule has 0 aliphatic heterocycles. The van der Waals surface area contributed by atoms with Crippen LogP contribution < -0.4 is 9.47 Å². The lowest BCUT2D eigenvalue weighted by Gasteiger charge is -2.06. The van der Waals surface area contributed by atoms with Gasteiger partial charge in [-0.3, -0.25) is 0 Å². The minimum absolute atomic E-state index is 0.228. The largest absolute Gasteiger partial charge is 0.497 e. The van der Waals surface area contributed by atoms with Crippen molar-refractivity contribution >= 4 is 15.9 Å². The number of aryl methyl sites for hydroxylation is 1. The van der Waals surface area contributed by atoms with Gasteiger partial charge in [0.15, 0.2) is 6.61 Å². The molecule has 0 saturated carbocycles. The average Bonchev–Trinajstić information content (AvgIpc) is 3.03. The normalized spacial score (nSPS) is 10.6. The van der Waals surface area contributed by atoms with Gasteiger partial charge >= 0.3 is 0 Å². The van der Waals surface area contributed by atoms with Gasteiger partial charge in [-0.25, -0.2) is 0 Å². The summed E-state index contributed by atoms with van der Waals surface area (Å²) in [5.74, 6) is 2.53. The Morgan fingerprint density at radius 3 is 2.61 bits per heavy atom. The van der Waals surface area contributed by atoms with Crippen molar-refractivity contribution in [2.75, 3.05) is 7.11 Å². The summed E-state index contributed by atoms with van der Waals surface area (Å²) < 4.78 is 17.1. The molecule has 0 aliphatic carbocycles. The summed E-state index contributed by atoms with van der Waals surface area (Å²) in [7, 11) is 1.63. The fourth-order valence-corrected chi connectivity index (χ4v) is 2.56. The van der Waals surface area contributed by atoms with Gasteiger partial charge in [-0.2, -0.15) is 4.98 Å². The Morgan fingerprint density at radius 2 is 1.91 bits per heavy atom. The Bertz CT molecular complexity index is 800. The third-order valence-electron chi connectivity index (χ3n) is 3.30. The topological polar surface area (TPSA) is 57.4 Å². The van der Waals surface area contributed by atoms with Crippen LogP contribution in [0.25, 0.3) is 11.4 Å². The van der Waals surface area contributed by atoms with Crippen LogP contribution in [0.3, 0.4) is 0 Å². The maximum atomic E-state index is 5.73. The highest BCUT2D eigenvalue weighted by Gasteiger charge is 2.10. The van der Waals surface area contributed by atoms with Gasteiger partial charge in [-0.1, -0.05) is 21.1 Å². The summed E-state index contributed by atoms with van der Waals surface area (Å²) in [4.78, 5) is 4.35. The molecule has 2 aromatic carbocycles. The highest BCUT2D eigenvalue weighted by atomic mass is 79.9. The third kappa shape index (κ3) is 3.71. The van der Waals surface area contributed by atoms with Crippen LogP contribution in [0.5, 0.6) is 11.5 Å². The van der Waals surface area contributed by atoms with Crippen LogP contribution in [0.15, 0.2) is 51.5 Å². The fraction of sp³-hybridized carbons (Fsp3) is 0.176. The molecule has 0 bridgehead atoms. The molecular formula is C17H15BrN2O3. The van der Waals surface area contributed by atoms with Crippen molar-refractivity contribution in [2.45, 2.75) is 13.5 Å². The van der Waals surface area contributed by atoms with Gasteiger partial charge in [0.05, 0.1) is 7.11 Å². The number of aromatic nitrogens is 2. The van der Waals surface area contributed by atoms with Crippen molar-refractivity contribution in [3.05, 3.63) is 58.4 Å². The Labute approximate surface area is 142 Å². The van der Waals surface area contributed by atoms with E-state index in [0.29, 0.717) is 11.7 Å². The lowest BCUT2D eigenvalue weighted by Crippen LogP contribution is -1.97. The summed E-state index contributed by atoms with van der Waals surface area (Å²) in [6, 6.07) is 13.3. The molecule has 6 heteroatoms. The number of methoxy groups -OCH3 is 1. The number of hydrogen-bond acceptors (Lipinski definition) is 5. The predicted molar refractivity (Wildman–Crippen MR) is 89.5 cm³/mol. The Hall–Kier alpha value is -2.34. The van der Waals surface area contributed by atoms with Crippen LogP contribution in [0, 0.1) is 6.92 Å². The molecule has 118 valence electrons. The van der Waals surface area contributed by atoms with Crippen LogP contribution in [-0.2, 0) is 6.61 Å². The van der Waals surface area contributed by atoms with Crippen LogP contribution in [-0.4, -0.2) is 17.3 Å². The molecule has 0 amide bonds. The molecule has 0 saturated heterocycles. The smallest absolute Gasteiger partial charge is 0.264 e. The van der Waals surface area contributed by atoms with Gasteiger partial charge in [0.2, 0.25) is 5.82 Å². The molecule has 1 heterocycles. The second-order valence-electron chi connectivity index (χ2n) is 4.94. The van der Waals surface area contributed by atoms with E-state index in [1.807, 2.05) is 49.4 Å². The van der Waals surface area contributed by atoms with E-state index in [1.54, 1.807) is 7.11 Å². The lowest BCUT2D eigenvalue weighted by molar-refractivity contribution is 0.241. The number of rotatable bonds is 5. The molecule has 0 fully saturated rings. The van der Waals surface area contributed by atoms with Crippen LogP contribution in [0.2, 0.25) is 0 Å². The Balaban J connectivity index is 1.69. The first-order valence-electron chi connectivity index (χ1n) is 7.01. The van der Waals surface area contributed by atoms with Crippen LogP contribution in [0.4, 0.5) is 0 Å². The van der Waals surface area contributed by atoms with Crippen molar-refractivity contribution in [3.63, 3.8) is 0 Å². The molecule has 5 nitrogen and oxygen atoms in total. The Morgan fingerprint density at radius 1 is 1.13 bits per heavy atom. The zero-order chi connectivity index (χ0) is 16.2. The van der Waals surface area contributed by atoms with E-state index in [4.69, 9.17) is 14.0 Å². The molecule has 0 N–H and O–H groups in total. The lowest BCUT2D eigenvalue weighted by atomic mass is 10.2. The van der Waals surface area contributed by atoms with Crippen molar-refractivity contribution in [3.8, 4) is 22.9 Å². The van der Waals surface area contributed by atoms with Gasteiger partial charge in [-0.15, -0.1) is 0 Å². The monoisotopic (exact) mass is 374 g/mol. The second-order valence-corrected chi connectivity index (χ2v) is 5.85. The molecule has 0 radical (unpaired) electrons. The molecule has 3 rings (SSSR count). The molecule has 0 spiro atoms. The Kier molecular flexibility index (Phi) is 4.62. The van der Waals surface area contributed by atoms with E-state index < -0.39 is 0 Å². The summed E-state index contributed by atoms with van der Waals surface area (Å²) in [6.45, 7) is 2.21. The SMILES string of the molecule is COc1ccc(-c2noc(COc3ccc(Br)cc3C)n2)cc1. The van der Waals surface area contributed by atoms with Gasteiger partial charge < -0.3 is 14.0 Å². The number of nitrogens with zero attached hydrogens (tertiary/aromatic N) is 2. The number of benzene rings is 2. The molecule has 0 unspecified atom stereocenters. The molecule has 3 aromatic rings. The molecular weight excluding hydrogens is 360 g/mol. The molecule has 23 heavy (non-hydrogen) atoms. The van der Waals surface area contributed by atoms with Crippen LogP contribution in [0.1, 0.15) is 11.5 Å². The fourth-order valence-electron chi connectivity index (χ4n) is 2.09. The van der Waals surface area contributed by atoms with Crippen LogP contribution >= 0.6 is 15.9 Å². The maximum absolute atomic E-state index is 5.73. The van der Waals surface area contributed by atoms with E-state index in [1.165, 1.54) is 0 Å². The number of hydrogen-bond donors (Lipinski definition) is 0. The minimum atomic E-state index is 0.228. The van der Waals surface area contributed by atoms with Crippen molar-refractivity contribution < 1.29 is 14.0 Å². The quantitative estimate of drug-likeness (QED) is 0.662. The minimum Gasteiger partial charge on any atom is -0.497 e. The van der Waals surface area contributed by atoms with E-state index >= 15 is 0 Å². The van der Waals surface area contributed by atoms with E-state index in [-0.39, 0.29) is 6.61 Å². The third-order valence-corrected chi connectivity index (χ3v) is 3.80. The predicted octanol–water partition coefficient (Wildman–Crippen LogP) is 4.40. The molecule has 0 atom stereocenters. The summed E-state index contributed by atoms with van der Waals surface area (Å²) >= 11 is 3.43. The summed E-state index contributed by atoms with van der Waals surface area (Å²) in [6.07, 6.45) is 0. The first-order chi connectivity index (χ1) is 11.2. The first kappa shape index (κ1) is 15.6. The van der Waals surface area contributed by atoms with Crippen molar-refractivity contribution in [1.82, 2.24) is 10.1 Å². The van der Waals surface area contributed by atoms with Gasteiger partial charge in [-0.05, 0) is 55.0 Å². The zero-order valence-electron chi connectivity index (χ0n) is 12.7. The van der Waals surface area contributed by atoms with Gasteiger partial charge in [0, 0.05) is 10.0 Å². The van der Waals surface area contributed by atoms with Crippen molar-refractivity contribution in [1.29, 1.82) is 0 Å². The number of ether oxygens (including phenoxy) is 2. The number of halogens is 1. The second kappa shape index (κ2) is 6.83. The highest BCUT2D eigenvalue weighted by Crippen LogP contribution is 2.24. The maximum Gasteiger partial charge on any atom is 0.264 e. The van der Waals surface area contributed by atoms with Gasteiger partial charge in [0.1, 0.15) is 11.5 Å². The zero-order valence-corrected chi connectivity index (χ0v) is 14.3. The average molecular weight is 375 g/mol. The van der Waals surface area contributed by atoms with E-state index in [9.17, 15) is 0 Å². The molecule has 0 aliphatic rings. The van der Waals surface area contributed by atoms with E-state index in [2.05, 4.69) is 26.1 Å². The summed E-state index contributed by atoms with van der Waals surface area (Å²) in [5, 5.41) is 3.98. The summed E-state index contributed by atoms with van der Waals surface area (Å²) in [5.41, 5.74) is 1.90.